The van der Waals surface area contributed by atoms with Gasteiger partial charge >= 0.3 is 12.4 Å². The Balaban J connectivity index is 0.000000201. The second-order valence-corrected chi connectivity index (χ2v) is 10.8. The fraction of sp³-hybridized carbons (Fsp3) is 0.206. The standard InChI is InChI=1S/C17H14F4N4O.C17H12F4N4O/c1-2-25-16(23-15(24-25)10-3-5-12(18)6-4-10)13-11(9-26)7-8-22-14(13)17(19,20)21;1-2-25-16(23-15(24-25)10-3-5-12(18)6-4-10)14(26)11-7-8-22-13(9-11)17(19,20)21/h3-8,26H,2,9H2,1H3;3-9H,2H2,1H3. The number of nitrogens with zero attached hydrogens (tertiary/aromatic N) is 8. The number of aliphatic hydroxyl groups excluding tert-OH is 1. The summed E-state index contributed by atoms with van der Waals surface area (Å²) in [4.78, 5) is 27.6. The van der Waals surface area contributed by atoms with Crippen molar-refractivity contribution in [2.45, 2.75) is 45.9 Å². The molecule has 4 aromatic heterocycles. The van der Waals surface area contributed by atoms with Crippen molar-refractivity contribution in [3.05, 3.63) is 119 Å². The molecule has 4 heterocycles. The van der Waals surface area contributed by atoms with Crippen molar-refractivity contribution in [2.24, 2.45) is 0 Å². The predicted molar refractivity (Wildman–Crippen MR) is 169 cm³/mol. The van der Waals surface area contributed by atoms with E-state index in [2.05, 4.69) is 30.1 Å². The van der Waals surface area contributed by atoms with E-state index in [1.54, 1.807) is 13.8 Å². The van der Waals surface area contributed by atoms with Gasteiger partial charge in [0.1, 0.15) is 17.3 Å². The molecular formula is C34H26F8N8O2. The molecule has 0 atom stereocenters. The van der Waals surface area contributed by atoms with Gasteiger partial charge in [0.05, 0.1) is 12.2 Å². The Labute approximate surface area is 289 Å². The van der Waals surface area contributed by atoms with Gasteiger partial charge < -0.3 is 5.11 Å². The van der Waals surface area contributed by atoms with Crippen molar-refractivity contribution in [2.75, 3.05) is 0 Å². The lowest BCUT2D eigenvalue weighted by molar-refractivity contribution is -0.141. The van der Waals surface area contributed by atoms with Crippen LogP contribution >= 0.6 is 0 Å². The van der Waals surface area contributed by atoms with Crippen LogP contribution in [0, 0.1) is 11.6 Å². The molecular weight excluding hydrogens is 704 g/mol. The molecule has 10 nitrogen and oxygen atoms in total. The average molecular weight is 731 g/mol. The molecule has 0 spiro atoms. The zero-order valence-corrected chi connectivity index (χ0v) is 27.1. The van der Waals surface area contributed by atoms with Crippen molar-refractivity contribution < 1.29 is 45.0 Å². The summed E-state index contributed by atoms with van der Waals surface area (Å²) in [6, 6.07) is 13.8. The SMILES string of the molecule is CCn1nc(-c2ccc(F)cc2)nc1-c1c(CO)ccnc1C(F)(F)F.CCn1nc(-c2ccc(F)cc2)nc1C(=O)c1ccnc(C(F)(F)F)c1. The maximum atomic E-state index is 13.4. The van der Waals surface area contributed by atoms with Crippen LogP contribution in [0.1, 0.15) is 47.0 Å². The van der Waals surface area contributed by atoms with Gasteiger partial charge in [0.15, 0.2) is 29.0 Å². The summed E-state index contributed by atoms with van der Waals surface area (Å²) >= 11 is 0. The smallest absolute Gasteiger partial charge is 0.392 e. The van der Waals surface area contributed by atoms with E-state index in [0.717, 1.165) is 12.4 Å². The van der Waals surface area contributed by atoms with Crippen LogP contribution in [0.5, 0.6) is 0 Å². The number of aromatic nitrogens is 8. The van der Waals surface area contributed by atoms with Crippen LogP contribution in [0.4, 0.5) is 35.1 Å². The first-order chi connectivity index (χ1) is 24.6. The number of carbonyl (C=O) groups is 1. The molecule has 2 aromatic carbocycles. The lowest BCUT2D eigenvalue weighted by atomic mass is 10.1. The number of halogens is 8. The minimum absolute atomic E-state index is 0.0417. The van der Waals surface area contributed by atoms with E-state index >= 15 is 0 Å². The number of hydrogen-bond acceptors (Lipinski definition) is 8. The van der Waals surface area contributed by atoms with Gasteiger partial charge in [0.2, 0.25) is 5.78 Å². The number of rotatable bonds is 8. The fourth-order valence-electron chi connectivity index (χ4n) is 4.87. The molecule has 0 aliphatic rings. The van der Waals surface area contributed by atoms with Crippen LogP contribution in [-0.2, 0) is 32.0 Å². The number of alkyl halides is 6. The number of hydrogen-bond donors (Lipinski definition) is 1. The molecule has 0 fully saturated rings. The average Bonchev–Trinajstić information content (AvgIpc) is 3.76. The molecule has 18 heteroatoms. The number of carbonyl (C=O) groups excluding carboxylic acids is 1. The van der Waals surface area contributed by atoms with E-state index in [1.807, 2.05) is 0 Å². The molecule has 0 saturated carbocycles. The fourth-order valence-corrected chi connectivity index (χ4v) is 4.87. The molecule has 270 valence electrons. The highest BCUT2D eigenvalue weighted by Crippen LogP contribution is 2.37. The summed E-state index contributed by atoms with van der Waals surface area (Å²) in [5.74, 6) is -1.42. The first-order valence-electron chi connectivity index (χ1n) is 15.3. The highest BCUT2D eigenvalue weighted by Gasteiger charge is 2.38. The first-order valence-corrected chi connectivity index (χ1v) is 15.3. The van der Waals surface area contributed by atoms with Crippen LogP contribution < -0.4 is 0 Å². The Kier molecular flexibility index (Phi) is 10.9. The Morgan fingerprint density at radius 2 is 1.25 bits per heavy atom. The van der Waals surface area contributed by atoms with Gasteiger partial charge in [-0.1, -0.05) is 0 Å². The van der Waals surface area contributed by atoms with Crippen molar-refractivity contribution in [3.8, 4) is 34.2 Å². The molecule has 6 rings (SSSR count). The van der Waals surface area contributed by atoms with E-state index in [-0.39, 0.29) is 53.1 Å². The van der Waals surface area contributed by atoms with E-state index in [1.165, 1.54) is 70.0 Å². The van der Waals surface area contributed by atoms with Crippen LogP contribution in [0.2, 0.25) is 0 Å². The maximum Gasteiger partial charge on any atom is 0.434 e. The second kappa shape index (κ2) is 15.1. The number of pyridine rings is 2. The van der Waals surface area contributed by atoms with Crippen LogP contribution in [0.3, 0.4) is 0 Å². The van der Waals surface area contributed by atoms with Crippen LogP contribution in [-0.4, -0.2) is 50.4 Å². The second-order valence-electron chi connectivity index (χ2n) is 10.8. The van der Waals surface area contributed by atoms with E-state index in [4.69, 9.17) is 0 Å². The summed E-state index contributed by atoms with van der Waals surface area (Å²) in [5.41, 5.74) is -1.83. The minimum atomic E-state index is -4.72. The Morgan fingerprint density at radius 1 is 0.712 bits per heavy atom. The highest BCUT2D eigenvalue weighted by atomic mass is 19.4. The molecule has 0 unspecified atom stereocenters. The van der Waals surface area contributed by atoms with Crippen molar-refractivity contribution in [1.29, 1.82) is 0 Å². The maximum absolute atomic E-state index is 13.4. The van der Waals surface area contributed by atoms with Gasteiger partial charge in [0.25, 0.3) is 0 Å². The lowest BCUT2D eigenvalue weighted by Gasteiger charge is -2.14. The summed E-state index contributed by atoms with van der Waals surface area (Å²) in [6.45, 7) is 3.35. The largest absolute Gasteiger partial charge is 0.434 e. The van der Waals surface area contributed by atoms with E-state index < -0.39 is 47.8 Å². The molecule has 52 heavy (non-hydrogen) atoms. The molecule has 0 saturated heterocycles. The molecule has 0 amide bonds. The third-order valence-electron chi connectivity index (χ3n) is 7.36. The first kappa shape index (κ1) is 37.3. The third kappa shape index (κ3) is 8.17. The zero-order chi connectivity index (χ0) is 37.8. The molecule has 0 radical (unpaired) electrons. The number of aryl methyl sites for hydroxylation is 2. The van der Waals surface area contributed by atoms with Gasteiger partial charge in [-0.2, -0.15) is 36.5 Å². The van der Waals surface area contributed by atoms with Gasteiger partial charge in [0, 0.05) is 42.2 Å². The number of ketones is 1. The topological polar surface area (TPSA) is 124 Å². The van der Waals surface area contributed by atoms with Crippen molar-refractivity contribution in [1.82, 2.24) is 39.5 Å². The van der Waals surface area contributed by atoms with E-state index in [9.17, 15) is 45.0 Å². The van der Waals surface area contributed by atoms with Crippen molar-refractivity contribution in [3.63, 3.8) is 0 Å². The van der Waals surface area contributed by atoms with E-state index in [0.29, 0.717) is 17.2 Å². The zero-order valence-electron chi connectivity index (χ0n) is 27.1. The van der Waals surface area contributed by atoms with Gasteiger partial charge in [-0.15, -0.1) is 0 Å². The minimum Gasteiger partial charge on any atom is -0.392 e. The Bertz CT molecular complexity index is 2180. The number of benzene rings is 2. The van der Waals surface area contributed by atoms with Crippen LogP contribution in [0.15, 0.2) is 79.1 Å². The quantitative estimate of drug-likeness (QED) is 0.127. The van der Waals surface area contributed by atoms with Gasteiger partial charge in [-0.05, 0) is 86.1 Å². The molecule has 0 aliphatic carbocycles. The molecule has 6 aromatic rings. The van der Waals surface area contributed by atoms with Gasteiger partial charge in [-0.25, -0.2) is 28.1 Å². The number of aliphatic hydroxyl groups is 1. The highest BCUT2D eigenvalue weighted by molar-refractivity contribution is 6.06. The third-order valence-corrected chi connectivity index (χ3v) is 7.36. The molecule has 0 bridgehead atoms. The summed E-state index contributed by atoms with van der Waals surface area (Å²) in [6.07, 6.45) is -7.47. The lowest BCUT2D eigenvalue weighted by Crippen LogP contribution is -2.14. The Hall–Kier alpha value is -5.91. The van der Waals surface area contributed by atoms with Gasteiger partial charge in [-0.3, -0.25) is 14.8 Å². The van der Waals surface area contributed by atoms with Crippen LogP contribution in [0.25, 0.3) is 34.2 Å². The summed E-state index contributed by atoms with van der Waals surface area (Å²) in [5, 5.41) is 17.9. The normalized spacial score (nSPS) is 11.7. The molecule has 1 N–H and O–H groups in total. The van der Waals surface area contributed by atoms with Crippen molar-refractivity contribution >= 4 is 5.78 Å². The summed E-state index contributed by atoms with van der Waals surface area (Å²) in [7, 11) is 0. The monoisotopic (exact) mass is 730 g/mol. The molecule has 0 aliphatic heterocycles. The Morgan fingerprint density at radius 3 is 1.77 bits per heavy atom. The summed E-state index contributed by atoms with van der Waals surface area (Å²) < 4.78 is 107. The predicted octanol–water partition coefficient (Wildman–Crippen LogP) is 7.43.